The van der Waals surface area contributed by atoms with Crippen LogP contribution in [-0.2, 0) is 15.8 Å². The molecule has 0 saturated carbocycles. The van der Waals surface area contributed by atoms with E-state index < -0.39 is 10.0 Å². The third-order valence-electron chi connectivity index (χ3n) is 5.02. The van der Waals surface area contributed by atoms with Gasteiger partial charge in [0, 0.05) is 37.3 Å². The molecule has 2 heterocycles. The first-order valence-corrected chi connectivity index (χ1v) is 11.2. The molecule has 9 heteroatoms. The van der Waals surface area contributed by atoms with Crippen LogP contribution in [0.25, 0.3) is 11.5 Å². The van der Waals surface area contributed by atoms with E-state index in [1.54, 1.807) is 48.2 Å². The van der Waals surface area contributed by atoms with Crippen LogP contribution in [0.15, 0.2) is 59.1 Å². The third-order valence-corrected chi connectivity index (χ3v) is 6.87. The van der Waals surface area contributed by atoms with Crippen LogP contribution in [0.2, 0.25) is 0 Å². The van der Waals surface area contributed by atoms with Gasteiger partial charge in [0.25, 0.3) is 11.8 Å². The van der Waals surface area contributed by atoms with Crippen molar-refractivity contribution in [3.8, 4) is 11.5 Å². The molecule has 1 aliphatic rings. The van der Waals surface area contributed by atoms with Crippen LogP contribution in [-0.4, -0.2) is 59.8 Å². The Morgan fingerprint density at radius 2 is 1.67 bits per heavy atom. The molecule has 1 amide bonds. The monoisotopic (exact) mass is 426 g/mol. The number of carbonyl (C=O) groups excluding carboxylic acids is 1. The number of piperazine rings is 1. The smallest absolute Gasteiger partial charge is 0.257 e. The summed E-state index contributed by atoms with van der Waals surface area (Å²) in [6.07, 6.45) is 0. The molecule has 0 radical (unpaired) electrons. The first kappa shape index (κ1) is 20.2. The van der Waals surface area contributed by atoms with Gasteiger partial charge in [-0.3, -0.25) is 4.79 Å². The first-order valence-electron chi connectivity index (χ1n) is 9.64. The molecule has 1 saturated heterocycles. The maximum atomic E-state index is 12.8. The minimum absolute atomic E-state index is 0.0294. The number of aryl methyl sites for hydroxylation is 1. The fraction of sp³-hybridized carbons (Fsp3) is 0.286. The maximum absolute atomic E-state index is 12.8. The minimum atomic E-state index is -3.41. The Balaban J connectivity index is 1.37. The van der Waals surface area contributed by atoms with E-state index >= 15 is 0 Å². The number of sulfonamides is 1. The van der Waals surface area contributed by atoms with Crippen LogP contribution >= 0.6 is 0 Å². The second kappa shape index (κ2) is 8.37. The molecule has 2 aromatic carbocycles. The Kier molecular flexibility index (Phi) is 5.65. The molecule has 1 aromatic heterocycles. The van der Waals surface area contributed by atoms with E-state index in [1.807, 2.05) is 18.2 Å². The number of aromatic nitrogens is 2. The van der Waals surface area contributed by atoms with E-state index in [4.69, 9.17) is 4.52 Å². The number of carbonyl (C=O) groups is 1. The molecule has 156 valence electrons. The van der Waals surface area contributed by atoms with Gasteiger partial charge in [0.15, 0.2) is 5.82 Å². The summed E-state index contributed by atoms with van der Waals surface area (Å²) in [5.74, 6) is 0.802. The van der Waals surface area contributed by atoms with Gasteiger partial charge in [-0.2, -0.15) is 9.29 Å². The molecule has 0 unspecified atom stereocenters. The Labute approximate surface area is 175 Å². The van der Waals surface area contributed by atoms with Crippen molar-refractivity contribution in [2.24, 2.45) is 0 Å². The SMILES string of the molecule is Cc1noc(-c2ccc(C(=O)N3CCN(S(=O)(=O)Cc4ccccc4)CC3)cc2)n1. The van der Waals surface area contributed by atoms with Crippen LogP contribution in [0.5, 0.6) is 0 Å². The van der Waals surface area contributed by atoms with Gasteiger partial charge in [0.1, 0.15) is 0 Å². The highest BCUT2D eigenvalue weighted by Crippen LogP contribution is 2.19. The second-order valence-electron chi connectivity index (χ2n) is 7.16. The zero-order valence-corrected chi connectivity index (χ0v) is 17.4. The molecule has 30 heavy (non-hydrogen) atoms. The van der Waals surface area contributed by atoms with E-state index in [1.165, 1.54) is 4.31 Å². The predicted molar refractivity (Wildman–Crippen MR) is 111 cm³/mol. The highest BCUT2D eigenvalue weighted by Gasteiger charge is 2.29. The summed E-state index contributed by atoms with van der Waals surface area (Å²) in [5.41, 5.74) is 2.03. The van der Waals surface area contributed by atoms with Gasteiger partial charge < -0.3 is 9.42 Å². The molecular formula is C21H22N4O4S. The Bertz CT molecular complexity index is 1120. The molecule has 0 atom stereocenters. The minimum Gasteiger partial charge on any atom is -0.336 e. The van der Waals surface area contributed by atoms with Crippen LogP contribution < -0.4 is 0 Å². The average Bonchev–Trinajstić information content (AvgIpc) is 3.20. The van der Waals surface area contributed by atoms with E-state index in [0.717, 1.165) is 11.1 Å². The zero-order valence-electron chi connectivity index (χ0n) is 16.6. The molecule has 4 rings (SSSR count). The molecule has 0 spiro atoms. The normalized spacial score (nSPS) is 15.3. The Hall–Kier alpha value is -3.04. The summed E-state index contributed by atoms with van der Waals surface area (Å²) in [4.78, 5) is 18.7. The van der Waals surface area contributed by atoms with E-state index in [2.05, 4.69) is 10.1 Å². The van der Waals surface area contributed by atoms with Gasteiger partial charge in [-0.1, -0.05) is 35.5 Å². The standard InChI is InChI=1S/C21H22N4O4S/c1-16-22-20(29-23-16)18-7-9-19(10-8-18)21(26)24-11-13-25(14-12-24)30(27,28)15-17-5-3-2-4-6-17/h2-10H,11-15H2,1H3. The summed E-state index contributed by atoms with van der Waals surface area (Å²) in [6, 6.07) is 16.1. The first-order chi connectivity index (χ1) is 14.4. The van der Waals surface area contributed by atoms with Crippen molar-refractivity contribution in [2.45, 2.75) is 12.7 Å². The number of rotatable bonds is 5. The number of benzene rings is 2. The van der Waals surface area contributed by atoms with Crippen molar-refractivity contribution < 1.29 is 17.7 Å². The lowest BCUT2D eigenvalue weighted by Crippen LogP contribution is -2.50. The van der Waals surface area contributed by atoms with E-state index in [9.17, 15) is 13.2 Å². The molecule has 0 N–H and O–H groups in total. The van der Waals surface area contributed by atoms with Crippen molar-refractivity contribution in [2.75, 3.05) is 26.2 Å². The quantitative estimate of drug-likeness (QED) is 0.621. The summed E-state index contributed by atoms with van der Waals surface area (Å²) >= 11 is 0. The van der Waals surface area contributed by atoms with Crippen LogP contribution in [0.1, 0.15) is 21.7 Å². The van der Waals surface area contributed by atoms with Crippen molar-refractivity contribution in [1.82, 2.24) is 19.3 Å². The van der Waals surface area contributed by atoms with Gasteiger partial charge in [-0.05, 0) is 36.8 Å². The number of nitrogens with zero attached hydrogens (tertiary/aromatic N) is 4. The van der Waals surface area contributed by atoms with Crippen LogP contribution in [0, 0.1) is 6.92 Å². The zero-order chi connectivity index (χ0) is 21.1. The lowest BCUT2D eigenvalue weighted by Gasteiger charge is -2.34. The van der Waals surface area contributed by atoms with E-state index in [0.29, 0.717) is 43.5 Å². The molecule has 3 aromatic rings. The van der Waals surface area contributed by atoms with Crippen molar-refractivity contribution in [3.63, 3.8) is 0 Å². The average molecular weight is 426 g/mol. The van der Waals surface area contributed by atoms with Crippen LogP contribution in [0.3, 0.4) is 0 Å². The number of hydrogen-bond acceptors (Lipinski definition) is 6. The lowest BCUT2D eigenvalue weighted by atomic mass is 10.1. The Morgan fingerprint density at radius 3 is 2.27 bits per heavy atom. The molecule has 0 bridgehead atoms. The largest absolute Gasteiger partial charge is 0.336 e. The summed E-state index contributed by atoms with van der Waals surface area (Å²) in [5, 5.41) is 3.76. The van der Waals surface area contributed by atoms with Crippen molar-refractivity contribution in [1.29, 1.82) is 0 Å². The molecule has 0 aliphatic carbocycles. The van der Waals surface area contributed by atoms with Crippen LogP contribution in [0.4, 0.5) is 0 Å². The third kappa shape index (κ3) is 4.42. The van der Waals surface area contributed by atoms with Gasteiger partial charge in [-0.25, -0.2) is 8.42 Å². The predicted octanol–water partition coefficient (Wildman–Crippen LogP) is 2.33. The summed E-state index contributed by atoms with van der Waals surface area (Å²) in [6.45, 7) is 3.04. The topological polar surface area (TPSA) is 96.6 Å². The van der Waals surface area contributed by atoms with Crippen molar-refractivity contribution >= 4 is 15.9 Å². The molecule has 1 aliphatic heterocycles. The molecule has 8 nitrogen and oxygen atoms in total. The van der Waals surface area contributed by atoms with E-state index in [-0.39, 0.29) is 11.7 Å². The molecular weight excluding hydrogens is 404 g/mol. The maximum Gasteiger partial charge on any atom is 0.257 e. The highest BCUT2D eigenvalue weighted by atomic mass is 32.2. The van der Waals surface area contributed by atoms with Gasteiger partial charge in [-0.15, -0.1) is 0 Å². The second-order valence-corrected chi connectivity index (χ2v) is 9.13. The fourth-order valence-corrected chi connectivity index (χ4v) is 4.91. The summed E-state index contributed by atoms with van der Waals surface area (Å²) < 4.78 is 32.0. The lowest BCUT2D eigenvalue weighted by molar-refractivity contribution is 0.0698. The fourth-order valence-electron chi connectivity index (χ4n) is 3.40. The number of hydrogen-bond donors (Lipinski definition) is 0. The van der Waals surface area contributed by atoms with Crippen molar-refractivity contribution in [3.05, 3.63) is 71.5 Å². The van der Waals surface area contributed by atoms with Gasteiger partial charge >= 0.3 is 0 Å². The van der Waals surface area contributed by atoms with Gasteiger partial charge in [0.2, 0.25) is 10.0 Å². The Morgan fingerprint density at radius 1 is 1.00 bits per heavy atom. The summed E-state index contributed by atoms with van der Waals surface area (Å²) in [7, 11) is -3.41. The number of amides is 1. The molecule has 1 fully saturated rings. The highest BCUT2D eigenvalue weighted by molar-refractivity contribution is 7.88. The van der Waals surface area contributed by atoms with Gasteiger partial charge in [0.05, 0.1) is 5.75 Å².